The van der Waals surface area contributed by atoms with Gasteiger partial charge in [0.2, 0.25) is 5.91 Å². The molecule has 104 valence electrons. The summed E-state index contributed by atoms with van der Waals surface area (Å²) in [5, 5.41) is 5.41. The van der Waals surface area contributed by atoms with Gasteiger partial charge in [-0.2, -0.15) is 0 Å². The van der Waals surface area contributed by atoms with E-state index < -0.39 is 11.6 Å². The third-order valence-electron chi connectivity index (χ3n) is 2.98. The van der Waals surface area contributed by atoms with Crippen LogP contribution in [0, 0.1) is 11.6 Å². The summed E-state index contributed by atoms with van der Waals surface area (Å²) >= 11 is 0. The Kier molecular flexibility index (Phi) is 4.68. The fourth-order valence-corrected chi connectivity index (χ4v) is 1.94. The van der Waals surface area contributed by atoms with Crippen LogP contribution in [0.5, 0.6) is 0 Å². The molecule has 1 aliphatic rings. The molecule has 0 bridgehead atoms. The van der Waals surface area contributed by atoms with E-state index in [1.54, 1.807) is 0 Å². The van der Waals surface area contributed by atoms with Gasteiger partial charge in [0, 0.05) is 19.3 Å². The second-order valence-corrected chi connectivity index (χ2v) is 4.41. The molecular weight excluding hydrogens is 254 g/mol. The van der Waals surface area contributed by atoms with Crippen molar-refractivity contribution in [1.29, 1.82) is 0 Å². The van der Waals surface area contributed by atoms with Crippen LogP contribution < -0.4 is 10.6 Å². The summed E-state index contributed by atoms with van der Waals surface area (Å²) in [5.41, 5.74) is -0.0119. The monoisotopic (exact) mass is 270 g/mol. The smallest absolute Gasteiger partial charge is 0.239 e. The standard InChI is InChI=1S/C13H16F2N2O2/c14-10-2-1-3-11(13(10)15)16-8-12(18)17-9-4-6-19-7-5-9/h1-3,9,16H,4-8H2,(H,17,18). The summed E-state index contributed by atoms with van der Waals surface area (Å²) in [6, 6.07) is 3.90. The second kappa shape index (κ2) is 6.47. The van der Waals surface area contributed by atoms with Gasteiger partial charge in [0.05, 0.1) is 12.2 Å². The van der Waals surface area contributed by atoms with Crippen LogP contribution in [0.2, 0.25) is 0 Å². The number of carbonyl (C=O) groups is 1. The van der Waals surface area contributed by atoms with Gasteiger partial charge in [-0.1, -0.05) is 6.07 Å². The lowest BCUT2D eigenvalue weighted by Gasteiger charge is -2.23. The number of carbonyl (C=O) groups excluding carboxylic acids is 1. The quantitative estimate of drug-likeness (QED) is 0.875. The van der Waals surface area contributed by atoms with Gasteiger partial charge < -0.3 is 15.4 Å². The maximum absolute atomic E-state index is 13.3. The van der Waals surface area contributed by atoms with Crippen LogP contribution in [0.3, 0.4) is 0 Å². The highest BCUT2D eigenvalue weighted by Crippen LogP contribution is 2.16. The van der Waals surface area contributed by atoms with Gasteiger partial charge in [-0.25, -0.2) is 8.78 Å². The average Bonchev–Trinajstić information content (AvgIpc) is 2.42. The average molecular weight is 270 g/mol. The predicted molar refractivity (Wildman–Crippen MR) is 66.8 cm³/mol. The predicted octanol–water partition coefficient (Wildman–Crippen LogP) is 1.67. The molecule has 1 saturated heterocycles. The van der Waals surface area contributed by atoms with Gasteiger partial charge in [0.25, 0.3) is 0 Å². The van der Waals surface area contributed by atoms with Crippen LogP contribution in [0.15, 0.2) is 18.2 Å². The minimum atomic E-state index is -0.971. The Hall–Kier alpha value is -1.69. The Bertz CT molecular complexity index is 448. The van der Waals surface area contributed by atoms with Gasteiger partial charge in [-0.3, -0.25) is 4.79 Å². The number of halogens is 2. The molecule has 19 heavy (non-hydrogen) atoms. The van der Waals surface area contributed by atoms with Crippen LogP contribution in [-0.4, -0.2) is 31.7 Å². The molecule has 1 fully saturated rings. The molecule has 1 aromatic rings. The highest BCUT2D eigenvalue weighted by molar-refractivity contribution is 5.81. The third kappa shape index (κ3) is 3.89. The number of ether oxygens (including phenoxy) is 1. The molecule has 0 radical (unpaired) electrons. The molecule has 0 unspecified atom stereocenters. The maximum atomic E-state index is 13.3. The number of nitrogens with one attached hydrogen (secondary N) is 2. The molecule has 0 aliphatic carbocycles. The van der Waals surface area contributed by atoms with E-state index in [0.717, 1.165) is 18.9 Å². The molecule has 4 nitrogen and oxygen atoms in total. The third-order valence-corrected chi connectivity index (χ3v) is 2.98. The molecule has 6 heteroatoms. The number of rotatable bonds is 4. The number of anilines is 1. The van der Waals surface area contributed by atoms with Crippen molar-refractivity contribution in [3.63, 3.8) is 0 Å². The molecule has 1 heterocycles. The first-order chi connectivity index (χ1) is 9.16. The molecule has 2 N–H and O–H groups in total. The lowest BCUT2D eigenvalue weighted by Crippen LogP contribution is -2.41. The van der Waals surface area contributed by atoms with Crippen molar-refractivity contribution in [3.05, 3.63) is 29.8 Å². The number of hydrogen-bond acceptors (Lipinski definition) is 3. The first-order valence-electron chi connectivity index (χ1n) is 6.22. The Balaban J connectivity index is 1.81. The first kappa shape index (κ1) is 13.7. The van der Waals surface area contributed by atoms with Crippen molar-refractivity contribution in [1.82, 2.24) is 5.32 Å². The van der Waals surface area contributed by atoms with Gasteiger partial charge in [0.15, 0.2) is 11.6 Å². The van der Waals surface area contributed by atoms with Crippen molar-refractivity contribution < 1.29 is 18.3 Å². The van der Waals surface area contributed by atoms with Gasteiger partial charge >= 0.3 is 0 Å². The molecule has 2 rings (SSSR count). The second-order valence-electron chi connectivity index (χ2n) is 4.41. The van der Waals surface area contributed by atoms with Crippen LogP contribution in [0.25, 0.3) is 0 Å². The van der Waals surface area contributed by atoms with Crippen molar-refractivity contribution >= 4 is 11.6 Å². The molecular formula is C13H16F2N2O2. The summed E-state index contributed by atoms with van der Waals surface area (Å²) < 4.78 is 31.5. The van der Waals surface area contributed by atoms with Gasteiger partial charge in [0.1, 0.15) is 0 Å². The summed E-state index contributed by atoms with van der Waals surface area (Å²) in [6.07, 6.45) is 1.56. The molecule has 1 aromatic carbocycles. The minimum absolute atomic E-state index is 0.0119. The minimum Gasteiger partial charge on any atom is -0.381 e. The lowest BCUT2D eigenvalue weighted by atomic mass is 10.1. The molecule has 0 aromatic heterocycles. The van der Waals surface area contributed by atoms with E-state index >= 15 is 0 Å². The Morgan fingerprint density at radius 1 is 1.32 bits per heavy atom. The van der Waals surface area contributed by atoms with E-state index in [9.17, 15) is 13.6 Å². The molecule has 0 atom stereocenters. The largest absolute Gasteiger partial charge is 0.381 e. The van der Waals surface area contributed by atoms with E-state index in [-0.39, 0.29) is 24.2 Å². The van der Waals surface area contributed by atoms with Crippen LogP contribution in [0.1, 0.15) is 12.8 Å². The zero-order chi connectivity index (χ0) is 13.7. The molecule has 1 amide bonds. The SMILES string of the molecule is O=C(CNc1cccc(F)c1F)NC1CCOCC1. The normalized spacial score (nSPS) is 16.1. The topological polar surface area (TPSA) is 50.4 Å². The lowest BCUT2D eigenvalue weighted by molar-refractivity contribution is -0.120. The number of benzene rings is 1. The summed E-state index contributed by atoms with van der Waals surface area (Å²) in [6.45, 7) is 1.19. The van der Waals surface area contributed by atoms with E-state index in [1.807, 2.05) is 0 Å². The zero-order valence-corrected chi connectivity index (χ0v) is 10.4. The van der Waals surface area contributed by atoms with E-state index in [0.29, 0.717) is 13.2 Å². The fraction of sp³-hybridized carbons (Fsp3) is 0.462. The van der Waals surface area contributed by atoms with Crippen LogP contribution >= 0.6 is 0 Å². The van der Waals surface area contributed by atoms with Crippen molar-refractivity contribution in [3.8, 4) is 0 Å². The van der Waals surface area contributed by atoms with Gasteiger partial charge in [-0.05, 0) is 25.0 Å². The van der Waals surface area contributed by atoms with Crippen molar-refractivity contribution in [2.45, 2.75) is 18.9 Å². The van der Waals surface area contributed by atoms with Crippen LogP contribution in [-0.2, 0) is 9.53 Å². The maximum Gasteiger partial charge on any atom is 0.239 e. The summed E-state index contributed by atoms with van der Waals surface area (Å²) in [5.74, 6) is -2.15. The first-order valence-corrected chi connectivity index (χ1v) is 6.22. The van der Waals surface area contributed by atoms with Gasteiger partial charge in [-0.15, -0.1) is 0 Å². The summed E-state index contributed by atoms with van der Waals surface area (Å²) in [4.78, 5) is 11.7. The zero-order valence-electron chi connectivity index (χ0n) is 10.4. The Morgan fingerprint density at radius 2 is 2.05 bits per heavy atom. The molecule has 0 spiro atoms. The molecule has 1 aliphatic heterocycles. The summed E-state index contributed by atoms with van der Waals surface area (Å²) in [7, 11) is 0. The fourth-order valence-electron chi connectivity index (χ4n) is 1.94. The van der Waals surface area contributed by atoms with Crippen molar-refractivity contribution in [2.24, 2.45) is 0 Å². The number of hydrogen-bond donors (Lipinski definition) is 2. The Morgan fingerprint density at radius 3 is 2.79 bits per heavy atom. The van der Waals surface area contributed by atoms with E-state index in [2.05, 4.69) is 10.6 Å². The number of amides is 1. The van der Waals surface area contributed by atoms with Crippen molar-refractivity contribution in [2.75, 3.05) is 25.1 Å². The highest BCUT2D eigenvalue weighted by atomic mass is 19.2. The Labute approximate surface area is 110 Å². The van der Waals surface area contributed by atoms with E-state index in [4.69, 9.17) is 4.74 Å². The highest BCUT2D eigenvalue weighted by Gasteiger charge is 2.16. The van der Waals surface area contributed by atoms with E-state index in [1.165, 1.54) is 12.1 Å². The van der Waals surface area contributed by atoms with Crippen LogP contribution in [0.4, 0.5) is 14.5 Å². The molecule has 0 saturated carbocycles.